The Balaban J connectivity index is 2.23. The Morgan fingerprint density at radius 1 is 1.18 bits per heavy atom. The number of halogens is 1. The number of pyridine rings is 1. The van der Waals surface area contributed by atoms with Gasteiger partial charge in [-0.1, -0.05) is 0 Å². The second-order valence-corrected chi connectivity index (χ2v) is 4.89. The van der Waals surface area contributed by atoms with E-state index in [0.29, 0.717) is 0 Å². The lowest BCUT2D eigenvalue weighted by molar-refractivity contribution is 0.547. The molecule has 0 amide bonds. The minimum atomic E-state index is 0.807. The van der Waals surface area contributed by atoms with Gasteiger partial charge in [-0.25, -0.2) is 4.98 Å². The van der Waals surface area contributed by atoms with Crippen molar-refractivity contribution in [2.45, 2.75) is 13.8 Å². The molecule has 3 nitrogen and oxygen atoms in total. The number of nitrogens with zero attached hydrogens (tertiary/aromatic N) is 2. The molecule has 17 heavy (non-hydrogen) atoms. The molecule has 0 unspecified atom stereocenters. The van der Waals surface area contributed by atoms with E-state index < -0.39 is 0 Å². The molecule has 0 radical (unpaired) electrons. The van der Waals surface area contributed by atoms with Crippen molar-refractivity contribution in [2.24, 2.45) is 0 Å². The lowest BCUT2D eigenvalue weighted by Gasteiger charge is -2.00. The third-order valence-corrected chi connectivity index (χ3v) is 3.65. The van der Waals surface area contributed by atoms with E-state index in [-0.39, 0.29) is 0 Å². The Morgan fingerprint density at radius 2 is 2.00 bits per heavy atom. The maximum atomic E-state index is 5.58. The van der Waals surface area contributed by atoms with Gasteiger partial charge in [0, 0.05) is 16.4 Å². The van der Waals surface area contributed by atoms with Crippen molar-refractivity contribution in [3.05, 3.63) is 46.4 Å². The Hall–Kier alpha value is -1.55. The van der Waals surface area contributed by atoms with Crippen LogP contribution in [-0.4, -0.2) is 9.38 Å². The molecule has 0 atom stereocenters. The Morgan fingerprint density at radius 3 is 2.71 bits per heavy atom. The first-order valence-electron chi connectivity index (χ1n) is 5.36. The minimum Gasteiger partial charge on any atom is -0.460 e. The van der Waals surface area contributed by atoms with Gasteiger partial charge in [0.05, 0.1) is 0 Å². The molecule has 0 aromatic carbocycles. The van der Waals surface area contributed by atoms with Crippen molar-refractivity contribution in [2.75, 3.05) is 0 Å². The maximum absolute atomic E-state index is 5.58. The molecule has 3 aromatic rings. The Kier molecular flexibility index (Phi) is 2.33. The summed E-state index contributed by atoms with van der Waals surface area (Å²) in [6, 6.07) is 7.88. The lowest BCUT2D eigenvalue weighted by atomic mass is 10.3. The highest BCUT2D eigenvalue weighted by Crippen LogP contribution is 2.24. The van der Waals surface area contributed by atoms with Crippen LogP contribution in [-0.2, 0) is 0 Å². The van der Waals surface area contributed by atoms with Gasteiger partial charge in [0.25, 0.3) is 0 Å². The van der Waals surface area contributed by atoms with Gasteiger partial charge in [-0.05, 0) is 54.0 Å². The minimum absolute atomic E-state index is 0.807. The summed E-state index contributed by atoms with van der Waals surface area (Å²) in [5.74, 6) is 1.71. The van der Waals surface area contributed by atoms with E-state index in [0.717, 1.165) is 33.0 Å². The van der Waals surface area contributed by atoms with Gasteiger partial charge >= 0.3 is 0 Å². The van der Waals surface area contributed by atoms with Crippen LogP contribution in [0.25, 0.3) is 17.1 Å². The average molecular weight is 291 g/mol. The highest BCUT2D eigenvalue weighted by molar-refractivity contribution is 9.10. The van der Waals surface area contributed by atoms with Crippen LogP contribution in [0.1, 0.15) is 11.5 Å². The van der Waals surface area contributed by atoms with E-state index in [1.165, 1.54) is 0 Å². The number of imidazole rings is 1. The summed E-state index contributed by atoms with van der Waals surface area (Å²) in [6.45, 7) is 3.98. The van der Waals surface area contributed by atoms with Gasteiger partial charge < -0.3 is 8.82 Å². The fourth-order valence-electron chi connectivity index (χ4n) is 1.86. The highest BCUT2D eigenvalue weighted by atomic mass is 79.9. The van der Waals surface area contributed by atoms with E-state index in [1.807, 2.05) is 37.4 Å². The first-order valence-corrected chi connectivity index (χ1v) is 6.15. The van der Waals surface area contributed by atoms with Crippen molar-refractivity contribution in [3.63, 3.8) is 0 Å². The second kappa shape index (κ2) is 3.74. The van der Waals surface area contributed by atoms with E-state index in [2.05, 4.69) is 32.2 Å². The molecule has 0 saturated heterocycles. The van der Waals surface area contributed by atoms with Gasteiger partial charge in [-0.2, -0.15) is 0 Å². The number of fused-ring (bicyclic) bond motifs is 1. The summed E-state index contributed by atoms with van der Waals surface area (Å²) in [7, 11) is 0. The Labute approximate surface area is 107 Å². The lowest BCUT2D eigenvalue weighted by Crippen LogP contribution is -1.89. The molecule has 86 valence electrons. The molecule has 3 heterocycles. The van der Waals surface area contributed by atoms with Crippen molar-refractivity contribution in [1.29, 1.82) is 0 Å². The monoisotopic (exact) mass is 290 g/mol. The summed E-state index contributed by atoms with van der Waals surface area (Å²) in [4.78, 5) is 4.55. The van der Waals surface area contributed by atoms with Crippen LogP contribution in [0, 0.1) is 13.8 Å². The average Bonchev–Trinajstić information content (AvgIpc) is 2.90. The molecule has 0 fully saturated rings. The summed E-state index contributed by atoms with van der Waals surface area (Å²) >= 11 is 3.51. The number of rotatable bonds is 1. The van der Waals surface area contributed by atoms with Crippen molar-refractivity contribution in [1.82, 2.24) is 9.38 Å². The molecule has 0 aliphatic rings. The smallest absolute Gasteiger partial charge is 0.154 e. The SMILES string of the molecule is Cc1ccc(-c2cn3c(C)c(Br)ccc3n2)o1. The molecule has 0 spiro atoms. The van der Waals surface area contributed by atoms with E-state index in [1.54, 1.807) is 0 Å². The summed E-state index contributed by atoms with van der Waals surface area (Å²) in [5.41, 5.74) is 2.92. The summed E-state index contributed by atoms with van der Waals surface area (Å²) < 4.78 is 8.71. The molecule has 0 bridgehead atoms. The number of furan rings is 1. The number of hydrogen-bond donors (Lipinski definition) is 0. The fourth-order valence-corrected chi connectivity index (χ4v) is 2.18. The third-order valence-electron chi connectivity index (χ3n) is 2.81. The molecule has 0 N–H and O–H groups in total. The van der Waals surface area contributed by atoms with Crippen LogP contribution >= 0.6 is 15.9 Å². The molecule has 0 saturated carbocycles. The van der Waals surface area contributed by atoms with Crippen LogP contribution in [0.4, 0.5) is 0 Å². The van der Waals surface area contributed by atoms with Gasteiger partial charge in [-0.15, -0.1) is 0 Å². The molecular weight excluding hydrogens is 280 g/mol. The first kappa shape index (κ1) is 10.6. The summed E-state index contributed by atoms with van der Waals surface area (Å²) in [5, 5.41) is 0. The van der Waals surface area contributed by atoms with E-state index in [9.17, 15) is 0 Å². The predicted molar refractivity (Wildman–Crippen MR) is 70.1 cm³/mol. The molecular formula is C13H11BrN2O. The van der Waals surface area contributed by atoms with Crippen LogP contribution in [0.5, 0.6) is 0 Å². The van der Waals surface area contributed by atoms with Crippen LogP contribution < -0.4 is 0 Å². The van der Waals surface area contributed by atoms with Gasteiger partial charge in [-0.3, -0.25) is 0 Å². The fraction of sp³-hybridized carbons (Fsp3) is 0.154. The van der Waals surface area contributed by atoms with Crippen molar-refractivity contribution in [3.8, 4) is 11.5 Å². The standard InChI is InChI=1S/C13H11BrN2O/c1-8-3-5-12(17-8)11-7-16-9(2)10(14)4-6-13(16)15-11/h3-7H,1-2H3. The first-order chi connectivity index (χ1) is 8.15. The number of aromatic nitrogens is 2. The molecule has 0 aliphatic carbocycles. The largest absolute Gasteiger partial charge is 0.460 e. The molecule has 4 heteroatoms. The zero-order valence-electron chi connectivity index (χ0n) is 9.57. The molecule has 3 rings (SSSR count). The normalized spacial score (nSPS) is 11.2. The second-order valence-electron chi connectivity index (χ2n) is 4.03. The van der Waals surface area contributed by atoms with E-state index in [4.69, 9.17) is 4.42 Å². The molecule has 3 aromatic heterocycles. The van der Waals surface area contributed by atoms with Gasteiger partial charge in [0.1, 0.15) is 17.1 Å². The van der Waals surface area contributed by atoms with Gasteiger partial charge in [0.2, 0.25) is 0 Å². The zero-order chi connectivity index (χ0) is 12.0. The van der Waals surface area contributed by atoms with Crippen molar-refractivity contribution >= 4 is 21.6 Å². The predicted octanol–water partition coefficient (Wildman–Crippen LogP) is 3.97. The van der Waals surface area contributed by atoms with Crippen LogP contribution in [0.3, 0.4) is 0 Å². The third kappa shape index (κ3) is 1.69. The quantitative estimate of drug-likeness (QED) is 0.679. The Bertz CT molecular complexity index is 697. The number of hydrogen-bond acceptors (Lipinski definition) is 2. The maximum Gasteiger partial charge on any atom is 0.154 e. The molecule has 0 aliphatic heterocycles. The topological polar surface area (TPSA) is 30.4 Å². The van der Waals surface area contributed by atoms with Crippen LogP contribution in [0.2, 0.25) is 0 Å². The number of aryl methyl sites for hydroxylation is 2. The highest BCUT2D eigenvalue weighted by Gasteiger charge is 2.09. The van der Waals surface area contributed by atoms with Crippen molar-refractivity contribution < 1.29 is 4.42 Å². The summed E-state index contributed by atoms with van der Waals surface area (Å²) in [6.07, 6.45) is 1.99. The van der Waals surface area contributed by atoms with Crippen LogP contribution in [0.15, 0.2) is 39.4 Å². The zero-order valence-corrected chi connectivity index (χ0v) is 11.2. The van der Waals surface area contributed by atoms with Gasteiger partial charge in [0.15, 0.2) is 5.76 Å². The van der Waals surface area contributed by atoms with E-state index >= 15 is 0 Å².